The van der Waals surface area contributed by atoms with Crippen LogP contribution >= 0.6 is 11.6 Å². The van der Waals surface area contributed by atoms with E-state index in [1.807, 2.05) is 0 Å². The van der Waals surface area contributed by atoms with Gasteiger partial charge in [-0.25, -0.2) is 4.39 Å². The minimum Gasteiger partial charge on any atom is -0.465 e. The van der Waals surface area contributed by atoms with E-state index in [-0.39, 0.29) is 17.5 Å². The molecule has 0 aromatic heterocycles. The summed E-state index contributed by atoms with van der Waals surface area (Å²) in [6, 6.07) is 4.15. The zero-order chi connectivity index (χ0) is 11.3. The third kappa shape index (κ3) is 3.75. The number of hydrogen-bond acceptors (Lipinski definition) is 3. The molecule has 0 unspecified atom stereocenters. The minimum absolute atomic E-state index is 0.0175. The fourth-order valence-corrected chi connectivity index (χ4v) is 1.17. The van der Waals surface area contributed by atoms with Crippen LogP contribution in [0.1, 0.15) is 6.92 Å². The first-order chi connectivity index (χ1) is 7.13. The van der Waals surface area contributed by atoms with E-state index in [9.17, 15) is 9.18 Å². The van der Waals surface area contributed by atoms with Gasteiger partial charge in [0.2, 0.25) is 0 Å². The molecule has 0 aliphatic heterocycles. The van der Waals surface area contributed by atoms with Crippen LogP contribution in [0.3, 0.4) is 0 Å². The molecule has 0 aliphatic carbocycles. The SMILES string of the molecule is CCOC(=O)CNc1ccc(F)c(Cl)c1. The van der Waals surface area contributed by atoms with Gasteiger partial charge in [0.25, 0.3) is 0 Å². The van der Waals surface area contributed by atoms with Gasteiger partial charge >= 0.3 is 5.97 Å². The van der Waals surface area contributed by atoms with Crippen LogP contribution in [0.2, 0.25) is 5.02 Å². The maximum Gasteiger partial charge on any atom is 0.325 e. The van der Waals surface area contributed by atoms with Crippen LogP contribution in [0.25, 0.3) is 0 Å². The molecule has 0 fully saturated rings. The highest BCUT2D eigenvalue weighted by molar-refractivity contribution is 6.31. The fourth-order valence-electron chi connectivity index (χ4n) is 0.992. The van der Waals surface area contributed by atoms with Crippen LogP contribution in [0.4, 0.5) is 10.1 Å². The van der Waals surface area contributed by atoms with Gasteiger partial charge in [0, 0.05) is 5.69 Å². The molecule has 0 bridgehead atoms. The predicted octanol–water partition coefficient (Wildman–Crippen LogP) is 2.45. The van der Waals surface area contributed by atoms with Gasteiger partial charge < -0.3 is 10.1 Å². The second-order valence-corrected chi connectivity index (χ2v) is 3.19. The Balaban J connectivity index is 2.51. The van der Waals surface area contributed by atoms with Crippen molar-refractivity contribution >= 4 is 23.3 Å². The number of benzene rings is 1. The number of anilines is 1. The molecular weight excluding hydrogens is 221 g/mol. The van der Waals surface area contributed by atoms with E-state index in [0.29, 0.717) is 12.3 Å². The van der Waals surface area contributed by atoms with Crippen molar-refractivity contribution in [1.29, 1.82) is 0 Å². The Morgan fingerprint density at radius 2 is 2.33 bits per heavy atom. The van der Waals surface area contributed by atoms with Crippen LogP contribution in [0, 0.1) is 5.82 Å². The summed E-state index contributed by atoms with van der Waals surface area (Å²) in [6.07, 6.45) is 0. The van der Waals surface area contributed by atoms with Crippen molar-refractivity contribution in [2.24, 2.45) is 0 Å². The van der Waals surface area contributed by atoms with E-state index >= 15 is 0 Å². The van der Waals surface area contributed by atoms with Crippen LogP contribution in [-0.2, 0) is 9.53 Å². The van der Waals surface area contributed by atoms with Gasteiger partial charge in [-0.1, -0.05) is 11.6 Å². The minimum atomic E-state index is -0.488. The zero-order valence-corrected chi connectivity index (χ0v) is 8.97. The molecule has 1 aromatic rings. The number of esters is 1. The Morgan fingerprint density at radius 3 is 2.93 bits per heavy atom. The van der Waals surface area contributed by atoms with E-state index < -0.39 is 5.82 Å². The van der Waals surface area contributed by atoms with Crippen molar-refractivity contribution in [2.75, 3.05) is 18.5 Å². The summed E-state index contributed by atoms with van der Waals surface area (Å²) in [6.45, 7) is 2.10. The number of halogens is 2. The normalized spacial score (nSPS) is 9.80. The van der Waals surface area contributed by atoms with Gasteiger partial charge in [-0.05, 0) is 25.1 Å². The van der Waals surface area contributed by atoms with E-state index in [1.165, 1.54) is 18.2 Å². The summed E-state index contributed by atoms with van der Waals surface area (Å²) in [5.74, 6) is -0.851. The number of carbonyl (C=O) groups excluding carboxylic acids is 1. The van der Waals surface area contributed by atoms with E-state index in [4.69, 9.17) is 16.3 Å². The number of carbonyl (C=O) groups is 1. The highest BCUT2D eigenvalue weighted by atomic mass is 35.5. The summed E-state index contributed by atoms with van der Waals surface area (Å²) >= 11 is 5.56. The van der Waals surface area contributed by atoms with Gasteiger partial charge in [0.15, 0.2) is 0 Å². The average Bonchev–Trinajstić information content (AvgIpc) is 2.20. The van der Waals surface area contributed by atoms with Crippen molar-refractivity contribution in [2.45, 2.75) is 6.92 Å². The number of hydrogen-bond donors (Lipinski definition) is 1. The topological polar surface area (TPSA) is 38.3 Å². The smallest absolute Gasteiger partial charge is 0.325 e. The highest BCUT2D eigenvalue weighted by Gasteiger charge is 2.03. The first kappa shape index (κ1) is 11.8. The Hall–Kier alpha value is -1.29. The van der Waals surface area contributed by atoms with Crippen molar-refractivity contribution in [3.8, 4) is 0 Å². The average molecular weight is 232 g/mol. The molecule has 3 nitrogen and oxygen atoms in total. The molecule has 1 rings (SSSR count). The Labute approximate surface area is 92.2 Å². The van der Waals surface area contributed by atoms with Crippen LogP contribution < -0.4 is 5.32 Å². The maximum atomic E-state index is 12.8. The van der Waals surface area contributed by atoms with E-state index in [1.54, 1.807) is 6.92 Å². The largest absolute Gasteiger partial charge is 0.465 e. The van der Waals surface area contributed by atoms with E-state index in [0.717, 1.165) is 0 Å². The molecule has 0 saturated carbocycles. The molecule has 15 heavy (non-hydrogen) atoms. The molecule has 0 aliphatic rings. The summed E-state index contributed by atoms with van der Waals surface area (Å²) in [5.41, 5.74) is 0.578. The fraction of sp³-hybridized carbons (Fsp3) is 0.300. The predicted molar refractivity (Wildman–Crippen MR) is 56.5 cm³/mol. The van der Waals surface area contributed by atoms with Crippen LogP contribution in [0.15, 0.2) is 18.2 Å². The van der Waals surface area contributed by atoms with Crippen molar-refractivity contribution in [3.63, 3.8) is 0 Å². The lowest BCUT2D eigenvalue weighted by molar-refractivity contribution is -0.140. The lowest BCUT2D eigenvalue weighted by Crippen LogP contribution is -2.16. The molecule has 1 aromatic carbocycles. The highest BCUT2D eigenvalue weighted by Crippen LogP contribution is 2.18. The Kier molecular flexibility index (Phi) is 4.37. The second kappa shape index (κ2) is 5.56. The van der Waals surface area contributed by atoms with Crippen molar-refractivity contribution < 1.29 is 13.9 Å². The first-order valence-corrected chi connectivity index (χ1v) is 4.86. The summed E-state index contributed by atoms with van der Waals surface area (Å²) in [5, 5.41) is 2.79. The number of nitrogens with one attached hydrogen (secondary N) is 1. The lowest BCUT2D eigenvalue weighted by Gasteiger charge is -2.06. The summed E-state index contributed by atoms with van der Waals surface area (Å²) in [4.78, 5) is 11.0. The lowest BCUT2D eigenvalue weighted by atomic mass is 10.3. The molecule has 1 N–H and O–H groups in total. The van der Waals surface area contributed by atoms with Crippen molar-refractivity contribution in [1.82, 2.24) is 0 Å². The quantitative estimate of drug-likeness (QED) is 0.809. The second-order valence-electron chi connectivity index (χ2n) is 2.79. The van der Waals surface area contributed by atoms with E-state index in [2.05, 4.69) is 5.32 Å². The molecule has 82 valence electrons. The zero-order valence-electron chi connectivity index (χ0n) is 8.22. The van der Waals surface area contributed by atoms with Gasteiger partial charge in [0.05, 0.1) is 11.6 Å². The molecule has 0 saturated heterocycles. The Bertz CT molecular complexity index is 357. The molecule has 0 heterocycles. The standard InChI is InChI=1S/C10H11ClFNO2/c1-2-15-10(14)6-13-7-3-4-9(12)8(11)5-7/h3-5,13H,2,6H2,1H3. The van der Waals surface area contributed by atoms with Gasteiger partial charge in [0.1, 0.15) is 12.4 Å². The number of ether oxygens (including phenoxy) is 1. The molecule has 0 spiro atoms. The monoisotopic (exact) mass is 231 g/mol. The summed E-state index contributed by atoms with van der Waals surface area (Å²) < 4.78 is 17.5. The van der Waals surface area contributed by atoms with Gasteiger partial charge in [-0.3, -0.25) is 4.79 Å². The maximum absolute atomic E-state index is 12.8. The van der Waals surface area contributed by atoms with Crippen LogP contribution in [0.5, 0.6) is 0 Å². The van der Waals surface area contributed by atoms with Gasteiger partial charge in [-0.2, -0.15) is 0 Å². The molecular formula is C10H11ClFNO2. The number of rotatable bonds is 4. The Morgan fingerprint density at radius 1 is 1.60 bits per heavy atom. The van der Waals surface area contributed by atoms with Crippen molar-refractivity contribution in [3.05, 3.63) is 29.0 Å². The molecule has 0 atom stereocenters. The molecule has 5 heteroatoms. The molecule has 0 radical (unpaired) electrons. The first-order valence-electron chi connectivity index (χ1n) is 4.48. The van der Waals surface area contributed by atoms with Crippen LogP contribution in [-0.4, -0.2) is 19.1 Å². The third-order valence-corrected chi connectivity index (χ3v) is 1.95. The molecule has 0 amide bonds. The summed E-state index contributed by atoms with van der Waals surface area (Å²) in [7, 11) is 0. The third-order valence-electron chi connectivity index (χ3n) is 1.66. The van der Waals surface area contributed by atoms with Gasteiger partial charge in [-0.15, -0.1) is 0 Å².